The first-order chi connectivity index (χ1) is 9.06. The molecule has 19 heavy (non-hydrogen) atoms. The SMILES string of the molecule is CNC(=O)c1cc(CN=[N+]=[N-])cc(CN=C(N)N)c1. The van der Waals surface area contributed by atoms with Gasteiger partial charge in [-0.2, -0.15) is 0 Å². The number of nitrogens with zero attached hydrogens (tertiary/aromatic N) is 4. The topological polar surface area (TPSA) is 142 Å². The van der Waals surface area contributed by atoms with Gasteiger partial charge in [-0.15, -0.1) is 0 Å². The summed E-state index contributed by atoms with van der Waals surface area (Å²) in [6.07, 6.45) is 0. The number of aliphatic imine (C=N–C) groups is 1. The average Bonchev–Trinajstić information content (AvgIpc) is 2.41. The third-order valence-corrected chi connectivity index (χ3v) is 2.30. The molecule has 8 heteroatoms. The highest BCUT2D eigenvalue weighted by Gasteiger charge is 2.07. The molecule has 0 spiro atoms. The Balaban J connectivity index is 3.11. The fourth-order valence-electron chi connectivity index (χ4n) is 1.52. The van der Waals surface area contributed by atoms with Gasteiger partial charge in [0, 0.05) is 17.5 Å². The van der Waals surface area contributed by atoms with Crippen LogP contribution in [-0.4, -0.2) is 18.9 Å². The molecule has 1 aromatic carbocycles. The van der Waals surface area contributed by atoms with E-state index in [-0.39, 0.29) is 25.0 Å². The van der Waals surface area contributed by atoms with Gasteiger partial charge < -0.3 is 16.8 Å². The van der Waals surface area contributed by atoms with E-state index < -0.39 is 0 Å². The van der Waals surface area contributed by atoms with Gasteiger partial charge in [0.05, 0.1) is 13.1 Å². The standard InChI is InChI=1S/C11H15N7O/c1-15-10(19)9-3-7(5-16-11(12)13)2-8(4-9)6-17-18-14/h2-4H,5-6H2,1H3,(H,15,19)(H4,12,13,16). The van der Waals surface area contributed by atoms with Crippen LogP contribution in [0.25, 0.3) is 10.4 Å². The summed E-state index contributed by atoms with van der Waals surface area (Å²) in [6, 6.07) is 5.13. The van der Waals surface area contributed by atoms with Crippen LogP contribution < -0.4 is 16.8 Å². The van der Waals surface area contributed by atoms with E-state index >= 15 is 0 Å². The van der Waals surface area contributed by atoms with Crippen LogP contribution in [0.3, 0.4) is 0 Å². The van der Waals surface area contributed by atoms with E-state index in [1.807, 2.05) is 0 Å². The van der Waals surface area contributed by atoms with Crippen molar-refractivity contribution < 1.29 is 4.79 Å². The van der Waals surface area contributed by atoms with Gasteiger partial charge in [0.2, 0.25) is 0 Å². The van der Waals surface area contributed by atoms with Crippen molar-refractivity contribution in [3.63, 3.8) is 0 Å². The van der Waals surface area contributed by atoms with Crippen molar-refractivity contribution in [3.05, 3.63) is 45.3 Å². The fraction of sp³-hybridized carbons (Fsp3) is 0.273. The molecular formula is C11H15N7O. The molecule has 0 aromatic heterocycles. The van der Waals surface area contributed by atoms with Gasteiger partial charge >= 0.3 is 0 Å². The highest BCUT2D eigenvalue weighted by atomic mass is 16.1. The molecular weight excluding hydrogens is 246 g/mol. The maximum Gasteiger partial charge on any atom is 0.251 e. The summed E-state index contributed by atoms with van der Waals surface area (Å²) < 4.78 is 0. The number of hydrogen-bond donors (Lipinski definition) is 3. The molecule has 1 amide bonds. The van der Waals surface area contributed by atoms with Crippen LogP contribution in [0, 0.1) is 0 Å². The lowest BCUT2D eigenvalue weighted by Crippen LogP contribution is -2.22. The lowest BCUT2D eigenvalue weighted by atomic mass is 10.0. The number of nitrogens with two attached hydrogens (primary N) is 2. The molecule has 1 rings (SSSR count). The maximum atomic E-state index is 11.6. The highest BCUT2D eigenvalue weighted by Crippen LogP contribution is 2.13. The monoisotopic (exact) mass is 261 g/mol. The Kier molecular flexibility index (Phi) is 5.18. The summed E-state index contributed by atoms with van der Waals surface area (Å²) in [5.74, 6) is -0.254. The van der Waals surface area contributed by atoms with Gasteiger partial charge in [0.15, 0.2) is 5.96 Å². The smallest absolute Gasteiger partial charge is 0.251 e. The average molecular weight is 261 g/mol. The maximum absolute atomic E-state index is 11.6. The van der Waals surface area contributed by atoms with Gasteiger partial charge in [0.25, 0.3) is 5.91 Å². The first-order valence-electron chi connectivity index (χ1n) is 5.48. The lowest BCUT2D eigenvalue weighted by molar-refractivity contribution is 0.0963. The van der Waals surface area contributed by atoms with Crippen molar-refractivity contribution in [1.82, 2.24) is 5.32 Å². The molecule has 0 unspecified atom stereocenters. The van der Waals surface area contributed by atoms with Gasteiger partial charge in [0.1, 0.15) is 0 Å². The minimum atomic E-state index is -0.228. The minimum Gasteiger partial charge on any atom is -0.370 e. The Morgan fingerprint density at radius 3 is 2.47 bits per heavy atom. The van der Waals surface area contributed by atoms with E-state index in [0.29, 0.717) is 5.56 Å². The quantitative estimate of drug-likeness (QED) is 0.235. The number of azide groups is 1. The Hall–Kier alpha value is -2.73. The Morgan fingerprint density at radius 1 is 1.32 bits per heavy atom. The molecule has 0 heterocycles. The van der Waals surface area contributed by atoms with Crippen LogP contribution in [0.15, 0.2) is 28.3 Å². The number of carbonyl (C=O) groups excluding carboxylic acids is 1. The van der Waals surface area contributed by atoms with E-state index in [1.165, 1.54) is 7.05 Å². The number of nitrogens with one attached hydrogen (secondary N) is 1. The highest BCUT2D eigenvalue weighted by molar-refractivity contribution is 5.94. The second kappa shape index (κ2) is 6.87. The molecule has 0 atom stereocenters. The molecule has 0 saturated heterocycles. The predicted octanol–water partition coefficient (Wildman–Crippen LogP) is 0.630. The molecule has 0 saturated carbocycles. The molecule has 0 aliphatic carbocycles. The van der Waals surface area contributed by atoms with Crippen LogP contribution in [0.4, 0.5) is 0 Å². The van der Waals surface area contributed by atoms with Crippen LogP contribution in [-0.2, 0) is 13.1 Å². The first-order valence-corrected chi connectivity index (χ1v) is 5.48. The number of hydrogen-bond acceptors (Lipinski definition) is 3. The van der Waals surface area contributed by atoms with E-state index in [1.54, 1.807) is 18.2 Å². The summed E-state index contributed by atoms with van der Waals surface area (Å²) in [4.78, 5) is 18.2. The summed E-state index contributed by atoms with van der Waals surface area (Å²) in [5, 5.41) is 6.00. The largest absolute Gasteiger partial charge is 0.370 e. The van der Waals surface area contributed by atoms with Crippen LogP contribution in [0.5, 0.6) is 0 Å². The Labute approximate surface area is 110 Å². The lowest BCUT2D eigenvalue weighted by Gasteiger charge is -2.06. The summed E-state index contributed by atoms with van der Waals surface area (Å²) >= 11 is 0. The zero-order valence-electron chi connectivity index (χ0n) is 10.5. The number of amides is 1. The van der Waals surface area contributed by atoms with E-state index in [2.05, 4.69) is 20.3 Å². The molecule has 8 nitrogen and oxygen atoms in total. The van der Waals surface area contributed by atoms with E-state index in [4.69, 9.17) is 17.0 Å². The van der Waals surface area contributed by atoms with Gasteiger partial charge in [-0.1, -0.05) is 11.2 Å². The molecule has 1 aromatic rings. The Morgan fingerprint density at radius 2 is 1.95 bits per heavy atom. The second-order valence-corrected chi connectivity index (χ2v) is 3.75. The molecule has 0 bridgehead atoms. The third-order valence-electron chi connectivity index (χ3n) is 2.30. The molecule has 0 fully saturated rings. The van der Waals surface area contributed by atoms with Crippen LogP contribution >= 0.6 is 0 Å². The van der Waals surface area contributed by atoms with Crippen LogP contribution in [0.2, 0.25) is 0 Å². The predicted molar refractivity (Wildman–Crippen MR) is 72.2 cm³/mol. The molecule has 100 valence electrons. The van der Waals surface area contributed by atoms with Crippen molar-refractivity contribution in [2.45, 2.75) is 13.1 Å². The molecule has 0 aliphatic rings. The number of rotatable bonds is 5. The van der Waals surface area contributed by atoms with Crippen molar-refractivity contribution in [3.8, 4) is 0 Å². The summed E-state index contributed by atoms with van der Waals surface area (Å²) in [7, 11) is 1.54. The molecule has 5 N–H and O–H groups in total. The third kappa shape index (κ3) is 4.57. The number of benzene rings is 1. The first kappa shape index (κ1) is 14.3. The summed E-state index contributed by atoms with van der Waals surface area (Å²) in [6.45, 7) is 0.423. The van der Waals surface area contributed by atoms with Crippen molar-refractivity contribution in [2.75, 3.05) is 7.05 Å². The van der Waals surface area contributed by atoms with E-state index in [9.17, 15) is 4.79 Å². The van der Waals surface area contributed by atoms with Gasteiger partial charge in [-0.25, -0.2) is 4.99 Å². The van der Waals surface area contributed by atoms with Crippen molar-refractivity contribution in [2.24, 2.45) is 21.6 Å². The fourth-order valence-corrected chi connectivity index (χ4v) is 1.52. The van der Waals surface area contributed by atoms with Crippen molar-refractivity contribution in [1.29, 1.82) is 0 Å². The van der Waals surface area contributed by atoms with Gasteiger partial charge in [-0.3, -0.25) is 4.79 Å². The van der Waals surface area contributed by atoms with Gasteiger partial charge in [-0.05, 0) is 28.8 Å². The van der Waals surface area contributed by atoms with Crippen molar-refractivity contribution >= 4 is 11.9 Å². The Bertz CT molecular complexity index is 542. The minimum absolute atomic E-state index is 0.0260. The van der Waals surface area contributed by atoms with E-state index in [0.717, 1.165) is 11.1 Å². The number of guanidine groups is 1. The number of carbonyl (C=O) groups is 1. The molecule has 0 radical (unpaired) electrons. The second-order valence-electron chi connectivity index (χ2n) is 3.75. The zero-order chi connectivity index (χ0) is 14.3. The normalized spacial score (nSPS) is 9.32. The zero-order valence-corrected chi connectivity index (χ0v) is 10.5. The van der Waals surface area contributed by atoms with Crippen LogP contribution in [0.1, 0.15) is 21.5 Å². The summed E-state index contributed by atoms with van der Waals surface area (Å²) in [5.41, 5.74) is 20.8. The molecule has 0 aliphatic heterocycles.